The van der Waals surface area contributed by atoms with Gasteiger partial charge in [0.2, 0.25) is 0 Å². The average Bonchev–Trinajstić information content (AvgIpc) is 3.01. The van der Waals surface area contributed by atoms with Crippen LogP contribution in [0.25, 0.3) is 11.1 Å². The fourth-order valence-electron chi connectivity index (χ4n) is 2.65. The van der Waals surface area contributed by atoms with E-state index in [0.29, 0.717) is 11.3 Å². The Balaban J connectivity index is 1.90. The molecule has 1 radical (unpaired) electrons. The van der Waals surface area contributed by atoms with Crippen LogP contribution in [0.3, 0.4) is 0 Å². The molecule has 0 aromatic heterocycles. The molecule has 0 N–H and O–H groups in total. The van der Waals surface area contributed by atoms with E-state index >= 15 is 0 Å². The molecule has 2 aromatic rings. The fourth-order valence-corrected chi connectivity index (χ4v) is 2.65. The molecule has 0 spiro atoms. The highest BCUT2D eigenvalue weighted by Gasteiger charge is 2.18. The van der Waals surface area contributed by atoms with Gasteiger partial charge in [0.25, 0.3) is 0 Å². The molecule has 1 atom stereocenters. The molecule has 111 valence electrons. The molecule has 1 aliphatic rings. The van der Waals surface area contributed by atoms with Crippen LogP contribution in [0, 0.1) is 29.4 Å². The molecular weight excluding hydrogens is 284 g/mol. The second-order valence-corrected chi connectivity index (χ2v) is 5.27. The van der Waals surface area contributed by atoms with Crippen molar-refractivity contribution in [3.05, 3.63) is 60.0 Å². The SMILES string of the molecule is N#Cc1cc(F)ccc1-c1ccc(OC2[CH]CCC2)cc1F. The van der Waals surface area contributed by atoms with E-state index in [1.54, 1.807) is 12.1 Å². The van der Waals surface area contributed by atoms with Gasteiger partial charge in [-0.25, -0.2) is 8.78 Å². The number of hydrogen-bond acceptors (Lipinski definition) is 2. The summed E-state index contributed by atoms with van der Waals surface area (Å²) in [5.74, 6) is -0.541. The predicted octanol–water partition coefficient (Wildman–Crippen LogP) is 4.64. The Morgan fingerprint density at radius 1 is 1.09 bits per heavy atom. The van der Waals surface area contributed by atoms with Crippen molar-refractivity contribution in [2.75, 3.05) is 0 Å². The van der Waals surface area contributed by atoms with Gasteiger partial charge in [-0.15, -0.1) is 0 Å². The quantitative estimate of drug-likeness (QED) is 0.827. The first-order chi connectivity index (χ1) is 10.7. The molecule has 0 amide bonds. The van der Waals surface area contributed by atoms with Crippen LogP contribution in [-0.2, 0) is 0 Å². The van der Waals surface area contributed by atoms with Crippen LogP contribution in [0.4, 0.5) is 8.78 Å². The second kappa shape index (κ2) is 6.15. The van der Waals surface area contributed by atoms with E-state index in [2.05, 4.69) is 6.42 Å². The Morgan fingerprint density at radius 2 is 1.91 bits per heavy atom. The summed E-state index contributed by atoms with van der Waals surface area (Å²) in [5, 5.41) is 9.07. The van der Waals surface area contributed by atoms with E-state index in [1.807, 2.05) is 6.07 Å². The summed E-state index contributed by atoms with van der Waals surface area (Å²) in [6.45, 7) is 0. The summed E-state index contributed by atoms with van der Waals surface area (Å²) < 4.78 is 33.2. The molecule has 2 nitrogen and oxygen atoms in total. The molecule has 3 rings (SSSR count). The Morgan fingerprint density at radius 3 is 2.59 bits per heavy atom. The van der Waals surface area contributed by atoms with E-state index in [0.717, 1.165) is 25.3 Å². The summed E-state index contributed by atoms with van der Waals surface area (Å²) in [7, 11) is 0. The molecule has 0 heterocycles. The van der Waals surface area contributed by atoms with E-state index in [4.69, 9.17) is 10.00 Å². The summed E-state index contributed by atoms with van der Waals surface area (Å²) in [6, 6.07) is 10.2. The van der Waals surface area contributed by atoms with E-state index in [-0.39, 0.29) is 17.2 Å². The first-order valence-electron chi connectivity index (χ1n) is 7.17. The maximum Gasteiger partial charge on any atom is 0.134 e. The van der Waals surface area contributed by atoms with Crippen LogP contribution in [0.15, 0.2) is 36.4 Å². The molecule has 1 saturated carbocycles. The first-order valence-corrected chi connectivity index (χ1v) is 7.17. The summed E-state index contributed by atoms with van der Waals surface area (Å²) in [5.41, 5.74) is 0.747. The third-order valence-corrected chi connectivity index (χ3v) is 3.74. The van der Waals surface area contributed by atoms with Crippen molar-refractivity contribution in [3.8, 4) is 22.9 Å². The average molecular weight is 298 g/mol. The first kappa shape index (κ1) is 14.5. The number of nitriles is 1. The third kappa shape index (κ3) is 2.94. The third-order valence-electron chi connectivity index (χ3n) is 3.74. The Kier molecular flexibility index (Phi) is 4.06. The molecular formula is C18H14F2NO. The lowest BCUT2D eigenvalue weighted by molar-refractivity contribution is 0.240. The zero-order valence-corrected chi connectivity index (χ0v) is 11.9. The van der Waals surface area contributed by atoms with Crippen LogP contribution in [0.1, 0.15) is 24.8 Å². The topological polar surface area (TPSA) is 33.0 Å². The lowest BCUT2D eigenvalue weighted by Gasteiger charge is -2.14. The van der Waals surface area contributed by atoms with Gasteiger partial charge in [-0.2, -0.15) is 5.26 Å². The summed E-state index contributed by atoms with van der Waals surface area (Å²) in [6.07, 6.45) is 5.17. The van der Waals surface area contributed by atoms with Crippen molar-refractivity contribution < 1.29 is 13.5 Å². The molecule has 22 heavy (non-hydrogen) atoms. The fraction of sp³-hybridized carbons (Fsp3) is 0.222. The molecule has 4 heteroatoms. The second-order valence-electron chi connectivity index (χ2n) is 5.27. The molecule has 0 bridgehead atoms. The smallest absolute Gasteiger partial charge is 0.134 e. The highest BCUT2D eigenvalue weighted by molar-refractivity contribution is 5.71. The van der Waals surface area contributed by atoms with Gasteiger partial charge in [0.05, 0.1) is 11.6 Å². The normalized spacial score (nSPS) is 14.8. The Hall–Kier alpha value is -2.41. The van der Waals surface area contributed by atoms with Crippen LogP contribution < -0.4 is 4.74 Å². The zero-order chi connectivity index (χ0) is 15.5. The lowest BCUT2D eigenvalue weighted by Crippen LogP contribution is -2.11. The number of ether oxygens (including phenoxy) is 1. The van der Waals surface area contributed by atoms with Gasteiger partial charge in [-0.1, -0.05) is 6.07 Å². The predicted molar refractivity (Wildman–Crippen MR) is 79.1 cm³/mol. The number of benzene rings is 2. The minimum atomic E-state index is -0.516. The highest BCUT2D eigenvalue weighted by Crippen LogP contribution is 2.31. The van der Waals surface area contributed by atoms with Gasteiger partial charge in [0, 0.05) is 23.6 Å². The van der Waals surface area contributed by atoms with Gasteiger partial charge in [0.1, 0.15) is 23.5 Å². The van der Waals surface area contributed by atoms with Crippen LogP contribution in [0.5, 0.6) is 5.75 Å². The molecule has 0 aliphatic heterocycles. The maximum atomic E-state index is 14.3. The molecule has 1 aliphatic carbocycles. The number of rotatable bonds is 3. The van der Waals surface area contributed by atoms with Crippen molar-refractivity contribution in [1.82, 2.24) is 0 Å². The van der Waals surface area contributed by atoms with Crippen molar-refractivity contribution in [3.63, 3.8) is 0 Å². The van der Waals surface area contributed by atoms with Crippen molar-refractivity contribution in [1.29, 1.82) is 5.26 Å². The molecule has 1 fully saturated rings. The zero-order valence-electron chi connectivity index (χ0n) is 11.9. The van der Waals surface area contributed by atoms with Gasteiger partial charge in [0.15, 0.2) is 0 Å². The lowest BCUT2D eigenvalue weighted by atomic mass is 9.99. The maximum absolute atomic E-state index is 14.3. The van der Waals surface area contributed by atoms with E-state index in [1.165, 1.54) is 18.2 Å². The van der Waals surface area contributed by atoms with Crippen molar-refractivity contribution in [2.24, 2.45) is 0 Å². The van der Waals surface area contributed by atoms with Crippen molar-refractivity contribution >= 4 is 0 Å². The van der Waals surface area contributed by atoms with Crippen LogP contribution in [-0.4, -0.2) is 6.10 Å². The van der Waals surface area contributed by atoms with Crippen LogP contribution in [0.2, 0.25) is 0 Å². The summed E-state index contributed by atoms with van der Waals surface area (Å²) in [4.78, 5) is 0. The number of hydrogen-bond donors (Lipinski definition) is 0. The monoisotopic (exact) mass is 298 g/mol. The minimum absolute atomic E-state index is 0.0331. The number of halogens is 2. The van der Waals surface area contributed by atoms with Gasteiger partial charge >= 0.3 is 0 Å². The largest absolute Gasteiger partial charge is 0.490 e. The summed E-state index contributed by atoms with van der Waals surface area (Å²) >= 11 is 0. The Labute approximate surface area is 128 Å². The standard InChI is InChI=1S/C18H14F2NO/c19-13-5-7-16(12(9-13)11-21)17-8-6-15(10-18(17)20)22-14-3-1-2-4-14/h3,5-10,14H,1-2,4H2. The van der Waals surface area contributed by atoms with Crippen molar-refractivity contribution in [2.45, 2.75) is 25.4 Å². The van der Waals surface area contributed by atoms with E-state index < -0.39 is 11.6 Å². The minimum Gasteiger partial charge on any atom is -0.490 e. The Bertz CT molecular complexity index is 730. The van der Waals surface area contributed by atoms with Crippen LogP contribution >= 0.6 is 0 Å². The highest BCUT2D eigenvalue weighted by atomic mass is 19.1. The van der Waals surface area contributed by atoms with Gasteiger partial charge in [-0.05, 0) is 43.5 Å². The molecule has 2 aromatic carbocycles. The van der Waals surface area contributed by atoms with Gasteiger partial charge in [-0.3, -0.25) is 0 Å². The molecule has 1 unspecified atom stereocenters. The number of nitrogens with zero attached hydrogens (tertiary/aromatic N) is 1. The molecule has 0 saturated heterocycles. The van der Waals surface area contributed by atoms with E-state index in [9.17, 15) is 8.78 Å². The van der Waals surface area contributed by atoms with Gasteiger partial charge < -0.3 is 4.74 Å².